The molecule has 1 aromatic carbocycles. The molecule has 1 N–H and O–H groups in total. The number of thioether (sulfide) groups is 1. The van der Waals surface area contributed by atoms with E-state index in [1.807, 2.05) is 6.07 Å². The summed E-state index contributed by atoms with van der Waals surface area (Å²) < 4.78 is 0. The normalized spacial score (nSPS) is 21.6. The summed E-state index contributed by atoms with van der Waals surface area (Å²) in [5.74, 6) is 0. The minimum atomic E-state index is -0.259. The topological polar surface area (TPSA) is 20.2 Å². The van der Waals surface area contributed by atoms with Crippen molar-refractivity contribution in [3.05, 3.63) is 42.5 Å². The largest absolute Gasteiger partial charge is 0.392 e. The molecule has 0 aromatic heterocycles. The molecule has 14 heavy (non-hydrogen) atoms. The number of hydrogen-bond donors (Lipinski definition) is 1. The maximum Gasteiger partial charge on any atom is 0.0699 e. The van der Waals surface area contributed by atoms with Gasteiger partial charge in [-0.2, -0.15) is 0 Å². The fourth-order valence-corrected chi connectivity index (χ4v) is 3.06. The molecule has 2 heteroatoms. The summed E-state index contributed by atoms with van der Waals surface area (Å²) in [6.45, 7) is 3.65. The molecule has 2 unspecified atom stereocenters. The summed E-state index contributed by atoms with van der Waals surface area (Å²) in [6, 6.07) is 8.37. The van der Waals surface area contributed by atoms with Gasteiger partial charge in [-0.05, 0) is 24.5 Å². The van der Waals surface area contributed by atoms with Gasteiger partial charge in [-0.25, -0.2) is 0 Å². The van der Waals surface area contributed by atoms with Crippen molar-refractivity contribution in [2.24, 2.45) is 0 Å². The average molecular weight is 206 g/mol. The van der Waals surface area contributed by atoms with Crippen LogP contribution in [0.15, 0.2) is 41.8 Å². The van der Waals surface area contributed by atoms with Gasteiger partial charge in [0.2, 0.25) is 0 Å². The fourth-order valence-electron chi connectivity index (χ4n) is 1.75. The van der Waals surface area contributed by atoms with E-state index < -0.39 is 0 Å². The Hall–Kier alpha value is -0.730. The molecule has 0 fully saturated rings. The molecule has 0 saturated carbocycles. The van der Waals surface area contributed by atoms with Gasteiger partial charge in [0.25, 0.3) is 0 Å². The maximum atomic E-state index is 9.83. The molecular formula is C12H14OS. The highest BCUT2D eigenvalue weighted by Gasteiger charge is 2.26. The summed E-state index contributed by atoms with van der Waals surface area (Å²) in [5.41, 5.74) is 1.37. The van der Waals surface area contributed by atoms with Crippen molar-refractivity contribution in [1.82, 2.24) is 0 Å². The molecule has 0 amide bonds. The van der Waals surface area contributed by atoms with Crippen LogP contribution < -0.4 is 0 Å². The molecule has 2 rings (SSSR count). The third-order valence-electron chi connectivity index (χ3n) is 2.51. The van der Waals surface area contributed by atoms with Crippen molar-refractivity contribution >= 4 is 11.8 Å². The maximum absolute atomic E-state index is 9.83. The van der Waals surface area contributed by atoms with Gasteiger partial charge in [-0.1, -0.05) is 24.3 Å². The lowest BCUT2D eigenvalue weighted by Gasteiger charge is -2.14. The molecule has 0 saturated heterocycles. The van der Waals surface area contributed by atoms with Crippen LogP contribution in [-0.4, -0.2) is 16.5 Å². The molecule has 2 atom stereocenters. The van der Waals surface area contributed by atoms with E-state index in [9.17, 15) is 5.11 Å². The highest BCUT2D eigenvalue weighted by molar-refractivity contribution is 8.00. The van der Waals surface area contributed by atoms with Crippen molar-refractivity contribution in [3.63, 3.8) is 0 Å². The molecule has 1 aromatic rings. The Morgan fingerprint density at radius 2 is 2.36 bits per heavy atom. The van der Waals surface area contributed by atoms with Crippen molar-refractivity contribution < 1.29 is 5.11 Å². The molecule has 74 valence electrons. The van der Waals surface area contributed by atoms with Crippen molar-refractivity contribution in [1.29, 1.82) is 0 Å². The molecule has 0 radical (unpaired) electrons. The van der Waals surface area contributed by atoms with E-state index >= 15 is 0 Å². The lowest BCUT2D eigenvalue weighted by Crippen LogP contribution is -2.21. The Morgan fingerprint density at radius 1 is 1.57 bits per heavy atom. The van der Waals surface area contributed by atoms with Crippen molar-refractivity contribution in [2.75, 3.05) is 0 Å². The third kappa shape index (κ3) is 1.86. The fraction of sp³-hybridized carbons (Fsp3) is 0.333. The van der Waals surface area contributed by atoms with E-state index in [-0.39, 0.29) is 6.10 Å². The van der Waals surface area contributed by atoms with Gasteiger partial charge in [0.15, 0.2) is 0 Å². The van der Waals surface area contributed by atoms with E-state index in [0.717, 1.165) is 6.42 Å². The van der Waals surface area contributed by atoms with Crippen molar-refractivity contribution in [2.45, 2.75) is 29.1 Å². The lowest BCUT2D eigenvalue weighted by atomic mass is 10.1. The van der Waals surface area contributed by atoms with Crippen LogP contribution in [0.25, 0.3) is 0 Å². The van der Waals surface area contributed by atoms with Crippen LogP contribution in [-0.2, 0) is 6.42 Å². The highest BCUT2D eigenvalue weighted by atomic mass is 32.2. The molecular weight excluding hydrogens is 192 g/mol. The summed E-state index contributed by atoms with van der Waals surface area (Å²) in [5, 5.41) is 10.1. The second-order valence-corrected chi connectivity index (χ2v) is 4.84. The lowest BCUT2D eigenvalue weighted by molar-refractivity contribution is 0.175. The molecule has 1 nitrogen and oxygen atoms in total. The van der Waals surface area contributed by atoms with Crippen LogP contribution in [0, 0.1) is 0 Å². The monoisotopic (exact) mass is 206 g/mol. The Labute approximate surface area is 88.8 Å². The quantitative estimate of drug-likeness (QED) is 0.767. The van der Waals surface area contributed by atoms with Crippen LogP contribution in [0.5, 0.6) is 0 Å². The van der Waals surface area contributed by atoms with E-state index in [4.69, 9.17) is 0 Å². The predicted molar refractivity (Wildman–Crippen MR) is 60.6 cm³/mol. The van der Waals surface area contributed by atoms with Crippen LogP contribution >= 0.6 is 11.8 Å². The van der Waals surface area contributed by atoms with Crippen LogP contribution in [0.1, 0.15) is 12.0 Å². The Morgan fingerprint density at radius 3 is 3.07 bits per heavy atom. The Balaban J connectivity index is 2.07. The number of aliphatic hydroxyl groups excluding tert-OH is 1. The molecule has 0 bridgehead atoms. The predicted octanol–water partition coefficient (Wildman–Crippen LogP) is 2.64. The van der Waals surface area contributed by atoms with Gasteiger partial charge in [-0.3, -0.25) is 0 Å². The van der Waals surface area contributed by atoms with Gasteiger partial charge in [0, 0.05) is 10.1 Å². The summed E-state index contributed by atoms with van der Waals surface area (Å²) in [6.07, 6.45) is 3.19. The number of hydrogen-bond acceptors (Lipinski definition) is 2. The van der Waals surface area contributed by atoms with Gasteiger partial charge < -0.3 is 5.11 Å². The first kappa shape index (κ1) is 9.81. The second kappa shape index (κ2) is 4.20. The summed E-state index contributed by atoms with van der Waals surface area (Å²) in [4.78, 5) is 1.32. The smallest absolute Gasteiger partial charge is 0.0699 e. The van der Waals surface area contributed by atoms with E-state index in [2.05, 4.69) is 24.8 Å². The van der Waals surface area contributed by atoms with Crippen molar-refractivity contribution in [3.8, 4) is 0 Å². The van der Waals surface area contributed by atoms with Gasteiger partial charge in [0.05, 0.1) is 6.10 Å². The van der Waals surface area contributed by atoms with Gasteiger partial charge >= 0.3 is 0 Å². The molecule has 1 heterocycles. The Bertz CT molecular complexity index is 310. The summed E-state index contributed by atoms with van der Waals surface area (Å²) >= 11 is 1.79. The molecule has 1 aliphatic rings. The number of fused-ring (bicyclic) bond motifs is 1. The zero-order chi connectivity index (χ0) is 9.97. The molecule has 0 spiro atoms. The van der Waals surface area contributed by atoms with Crippen LogP contribution in [0.4, 0.5) is 0 Å². The number of aliphatic hydroxyl groups is 1. The van der Waals surface area contributed by atoms with Gasteiger partial charge in [0.1, 0.15) is 0 Å². The molecule has 1 aliphatic heterocycles. The number of benzene rings is 1. The SMILES string of the molecule is C=CCC(O)C1Cc2ccccc2S1. The standard InChI is InChI=1S/C12H14OS/c1-2-5-10(13)12-8-9-6-3-4-7-11(9)14-12/h2-4,6-7,10,12-13H,1,5,8H2. The van der Waals surface area contributed by atoms with Crippen LogP contribution in [0.2, 0.25) is 0 Å². The highest BCUT2D eigenvalue weighted by Crippen LogP contribution is 2.38. The summed E-state index contributed by atoms with van der Waals surface area (Å²) in [7, 11) is 0. The third-order valence-corrected chi connectivity index (χ3v) is 3.95. The first-order valence-electron chi connectivity index (χ1n) is 4.85. The molecule has 0 aliphatic carbocycles. The van der Waals surface area contributed by atoms with E-state index in [1.54, 1.807) is 17.8 Å². The average Bonchev–Trinajstić information content (AvgIpc) is 2.61. The van der Waals surface area contributed by atoms with E-state index in [0.29, 0.717) is 11.7 Å². The first-order chi connectivity index (χ1) is 6.81. The number of rotatable bonds is 3. The van der Waals surface area contributed by atoms with Gasteiger partial charge in [-0.15, -0.1) is 18.3 Å². The Kier molecular flexibility index (Phi) is 2.94. The second-order valence-electron chi connectivity index (χ2n) is 3.56. The van der Waals surface area contributed by atoms with Crippen LogP contribution in [0.3, 0.4) is 0 Å². The zero-order valence-electron chi connectivity index (χ0n) is 8.02. The minimum Gasteiger partial charge on any atom is -0.392 e. The first-order valence-corrected chi connectivity index (χ1v) is 5.72. The minimum absolute atomic E-state index is 0.259. The van der Waals surface area contributed by atoms with E-state index in [1.165, 1.54) is 10.5 Å². The zero-order valence-corrected chi connectivity index (χ0v) is 8.83.